The monoisotopic (exact) mass is 556 g/mol. The van der Waals surface area contributed by atoms with E-state index in [1.807, 2.05) is 61.5 Å². The number of hydrogen-bond acceptors (Lipinski definition) is 8. The lowest BCUT2D eigenvalue weighted by atomic mass is 9.96. The van der Waals surface area contributed by atoms with Crippen molar-refractivity contribution in [1.29, 1.82) is 0 Å². The molecule has 9 heteroatoms. The molecule has 1 aromatic heterocycles. The van der Waals surface area contributed by atoms with Crippen LogP contribution >= 0.6 is 11.3 Å². The van der Waals surface area contributed by atoms with E-state index in [1.165, 1.54) is 29.1 Å². The Bertz CT molecular complexity index is 1750. The Morgan fingerprint density at radius 1 is 1.10 bits per heavy atom. The Morgan fingerprint density at radius 2 is 1.85 bits per heavy atom. The minimum absolute atomic E-state index is 0.00545. The largest absolute Gasteiger partial charge is 0.504 e. The summed E-state index contributed by atoms with van der Waals surface area (Å²) >= 11 is 1.23. The minimum Gasteiger partial charge on any atom is -0.504 e. The first kappa shape index (κ1) is 27.0. The van der Waals surface area contributed by atoms with Crippen LogP contribution in [0.5, 0.6) is 17.2 Å². The van der Waals surface area contributed by atoms with Gasteiger partial charge in [-0.3, -0.25) is 9.36 Å². The van der Waals surface area contributed by atoms with Crippen molar-refractivity contribution in [2.45, 2.75) is 26.5 Å². The number of aromatic hydroxyl groups is 1. The van der Waals surface area contributed by atoms with Gasteiger partial charge in [-0.1, -0.05) is 59.9 Å². The average molecular weight is 557 g/mol. The topological polar surface area (TPSA) is 99.4 Å². The SMILES string of the molecule is CCOc1ccc(C2C(C(=O)OCc3ccccc3)=C(C)N=c3sc(=Cc4ccc(O)c(OC)c4)c(=O)n32)cc1. The predicted molar refractivity (Wildman–Crippen MR) is 152 cm³/mol. The first-order valence-corrected chi connectivity index (χ1v) is 13.5. The van der Waals surface area contributed by atoms with Crippen molar-refractivity contribution in [2.75, 3.05) is 13.7 Å². The first-order chi connectivity index (χ1) is 19.4. The number of carbonyl (C=O) groups excluding carboxylic acids is 1. The van der Waals surface area contributed by atoms with E-state index in [9.17, 15) is 14.7 Å². The van der Waals surface area contributed by atoms with E-state index < -0.39 is 12.0 Å². The molecule has 0 aliphatic carbocycles. The number of nitrogens with zero attached hydrogens (tertiary/aromatic N) is 2. The summed E-state index contributed by atoms with van der Waals surface area (Å²) in [6.45, 7) is 4.28. The summed E-state index contributed by atoms with van der Waals surface area (Å²) in [4.78, 5) is 32.5. The van der Waals surface area contributed by atoms with Crippen LogP contribution < -0.4 is 24.4 Å². The number of benzene rings is 3. The fraction of sp³-hybridized carbons (Fsp3) is 0.194. The van der Waals surface area contributed by atoms with Crippen LogP contribution in [-0.2, 0) is 16.1 Å². The molecule has 40 heavy (non-hydrogen) atoms. The lowest BCUT2D eigenvalue weighted by Gasteiger charge is -2.25. The van der Waals surface area contributed by atoms with Gasteiger partial charge in [0.15, 0.2) is 16.3 Å². The molecular weight excluding hydrogens is 528 g/mol. The molecule has 0 saturated carbocycles. The summed E-state index contributed by atoms with van der Waals surface area (Å²) in [5.41, 5.74) is 2.74. The lowest BCUT2D eigenvalue weighted by Crippen LogP contribution is -2.39. The van der Waals surface area contributed by atoms with Crippen LogP contribution in [0.4, 0.5) is 0 Å². The Labute approximate surface area is 234 Å². The first-order valence-electron chi connectivity index (χ1n) is 12.7. The highest BCUT2D eigenvalue weighted by Crippen LogP contribution is 2.32. The van der Waals surface area contributed by atoms with Crippen LogP contribution in [0.3, 0.4) is 0 Å². The van der Waals surface area contributed by atoms with Gasteiger partial charge in [-0.15, -0.1) is 0 Å². The number of phenols is 1. The molecule has 1 aliphatic rings. The van der Waals surface area contributed by atoms with E-state index in [-0.39, 0.29) is 17.9 Å². The van der Waals surface area contributed by atoms with Gasteiger partial charge in [-0.2, -0.15) is 0 Å². The lowest BCUT2D eigenvalue weighted by molar-refractivity contribution is -0.140. The van der Waals surface area contributed by atoms with Gasteiger partial charge in [0.25, 0.3) is 5.56 Å². The van der Waals surface area contributed by atoms with E-state index in [0.29, 0.717) is 44.3 Å². The molecule has 1 aliphatic heterocycles. The van der Waals surface area contributed by atoms with E-state index in [4.69, 9.17) is 14.2 Å². The Balaban J connectivity index is 1.61. The number of methoxy groups -OCH3 is 1. The number of aromatic nitrogens is 1. The zero-order chi connectivity index (χ0) is 28.2. The number of thiazole rings is 1. The van der Waals surface area contributed by atoms with Crippen molar-refractivity contribution < 1.29 is 24.1 Å². The smallest absolute Gasteiger partial charge is 0.338 e. The Kier molecular flexibility index (Phi) is 7.84. The van der Waals surface area contributed by atoms with Gasteiger partial charge in [-0.25, -0.2) is 9.79 Å². The number of hydrogen-bond donors (Lipinski definition) is 1. The Hall–Kier alpha value is -4.63. The molecular formula is C31H28N2O6S. The number of rotatable bonds is 8. The number of allylic oxidation sites excluding steroid dienone is 1. The predicted octanol–water partition coefficient (Wildman–Crippen LogP) is 4.09. The standard InChI is InChI=1S/C31H28N2O6S/c1-4-38-23-13-11-22(12-14-23)28-27(30(36)39-18-20-8-6-5-7-9-20)19(2)32-31-33(28)29(35)26(40-31)17-21-10-15-24(34)25(16-21)37-3/h5-17,28,34H,4,18H2,1-3H3. The summed E-state index contributed by atoms with van der Waals surface area (Å²) in [6, 6.07) is 20.9. The molecule has 0 saturated heterocycles. The van der Waals surface area contributed by atoms with Crippen LogP contribution in [0.25, 0.3) is 6.08 Å². The van der Waals surface area contributed by atoms with Gasteiger partial charge < -0.3 is 19.3 Å². The number of fused-ring (bicyclic) bond motifs is 1. The molecule has 5 rings (SSSR count). The second kappa shape index (κ2) is 11.6. The summed E-state index contributed by atoms with van der Waals surface area (Å²) in [5.74, 6) is 0.453. The molecule has 0 amide bonds. The summed E-state index contributed by atoms with van der Waals surface area (Å²) in [6.07, 6.45) is 1.72. The molecule has 1 atom stereocenters. The van der Waals surface area contributed by atoms with Gasteiger partial charge in [0, 0.05) is 0 Å². The Morgan fingerprint density at radius 3 is 2.55 bits per heavy atom. The van der Waals surface area contributed by atoms with Crippen molar-refractivity contribution >= 4 is 23.4 Å². The maximum atomic E-state index is 13.8. The average Bonchev–Trinajstić information content (AvgIpc) is 3.27. The van der Waals surface area contributed by atoms with Crippen LogP contribution in [-0.4, -0.2) is 29.4 Å². The molecule has 0 bridgehead atoms. The van der Waals surface area contributed by atoms with E-state index in [0.717, 1.165) is 11.1 Å². The van der Waals surface area contributed by atoms with Gasteiger partial charge in [0.05, 0.1) is 35.6 Å². The molecule has 0 radical (unpaired) electrons. The van der Waals surface area contributed by atoms with Gasteiger partial charge >= 0.3 is 5.97 Å². The molecule has 1 unspecified atom stereocenters. The second-order valence-electron chi connectivity index (χ2n) is 9.08. The second-order valence-corrected chi connectivity index (χ2v) is 10.1. The number of ether oxygens (including phenoxy) is 3. The highest BCUT2D eigenvalue weighted by Gasteiger charge is 2.33. The zero-order valence-electron chi connectivity index (χ0n) is 22.3. The van der Waals surface area contributed by atoms with E-state index >= 15 is 0 Å². The number of carbonyl (C=O) groups is 1. The summed E-state index contributed by atoms with van der Waals surface area (Å²) in [5, 5.41) is 9.95. The zero-order valence-corrected chi connectivity index (χ0v) is 23.1. The maximum Gasteiger partial charge on any atom is 0.338 e. The van der Waals surface area contributed by atoms with E-state index in [2.05, 4.69) is 4.99 Å². The number of esters is 1. The van der Waals surface area contributed by atoms with E-state index in [1.54, 1.807) is 25.1 Å². The summed E-state index contributed by atoms with van der Waals surface area (Å²) < 4.78 is 18.5. The molecule has 2 heterocycles. The third-order valence-corrected chi connectivity index (χ3v) is 7.45. The normalized spacial score (nSPS) is 14.9. The van der Waals surface area contributed by atoms with Crippen LogP contribution in [0.15, 0.2) is 93.9 Å². The molecule has 0 fully saturated rings. The summed E-state index contributed by atoms with van der Waals surface area (Å²) in [7, 11) is 1.46. The third kappa shape index (κ3) is 5.41. The van der Waals surface area contributed by atoms with Gasteiger partial charge in [0.2, 0.25) is 0 Å². The van der Waals surface area contributed by atoms with Gasteiger partial charge in [0.1, 0.15) is 12.4 Å². The van der Waals surface area contributed by atoms with Gasteiger partial charge in [-0.05, 0) is 60.9 Å². The van der Waals surface area contributed by atoms with Crippen molar-refractivity contribution in [1.82, 2.24) is 4.57 Å². The molecule has 1 N–H and O–H groups in total. The molecule has 3 aromatic carbocycles. The highest BCUT2D eigenvalue weighted by molar-refractivity contribution is 7.07. The van der Waals surface area contributed by atoms with Crippen molar-refractivity contribution in [3.63, 3.8) is 0 Å². The fourth-order valence-electron chi connectivity index (χ4n) is 4.55. The number of phenolic OH excluding ortho intramolecular Hbond substituents is 1. The van der Waals surface area contributed by atoms with Crippen LogP contribution in [0.2, 0.25) is 0 Å². The molecule has 4 aromatic rings. The molecule has 8 nitrogen and oxygen atoms in total. The highest BCUT2D eigenvalue weighted by atomic mass is 32.1. The molecule has 0 spiro atoms. The quantitative estimate of drug-likeness (QED) is 0.328. The maximum absolute atomic E-state index is 13.8. The van der Waals surface area contributed by atoms with Crippen LogP contribution in [0, 0.1) is 0 Å². The third-order valence-electron chi connectivity index (χ3n) is 6.46. The fourth-order valence-corrected chi connectivity index (χ4v) is 5.59. The van der Waals surface area contributed by atoms with Crippen LogP contribution in [0.1, 0.15) is 36.6 Å². The van der Waals surface area contributed by atoms with Crippen molar-refractivity contribution in [2.24, 2.45) is 4.99 Å². The van der Waals surface area contributed by atoms with Crippen molar-refractivity contribution in [3.05, 3.63) is 120 Å². The van der Waals surface area contributed by atoms with Crippen molar-refractivity contribution in [3.8, 4) is 17.2 Å². The minimum atomic E-state index is -0.744. The molecule has 204 valence electrons.